The fourth-order valence-electron chi connectivity index (χ4n) is 3.03. The second-order valence-electron chi connectivity index (χ2n) is 7.08. The van der Waals surface area contributed by atoms with Gasteiger partial charge >= 0.3 is 0 Å². The maximum absolute atomic E-state index is 14.0. The molecule has 0 unspecified atom stereocenters. The molecule has 0 aromatic heterocycles. The summed E-state index contributed by atoms with van der Waals surface area (Å²) >= 11 is 3.44. The van der Waals surface area contributed by atoms with E-state index >= 15 is 0 Å². The molecule has 0 heterocycles. The molecule has 35 heavy (non-hydrogen) atoms. The van der Waals surface area contributed by atoms with Crippen molar-refractivity contribution in [1.82, 2.24) is 0 Å². The number of halogens is 2. The Morgan fingerprint density at radius 2 is 1.94 bits per heavy atom. The highest BCUT2D eigenvalue weighted by Crippen LogP contribution is 2.38. The van der Waals surface area contributed by atoms with Gasteiger partial charge in [-0.1, -0.05) is 30.3 Å². The fraction of sp³-hybridized carbons (Fsp3) is 0.120. The monoisotopic (exact) mass is 539 g/mol. The number of carbonyl (C=O) groups is 1. The Hall–Kier alpha value is -4.23. The van der Waals surface area contributed by atoms with E-state index in [1.807, 2.05) is 30.3 Å². The third kappa shape index (κ3) is 6.65. The van der Waals surface area contributed by atoms with Crippen LogP contribution in [0.4, 0.5) is 15.8 Å². The van der Waals surface area contributed by atoms with Crippen molar-refractivity contribution in [2.75, 3.05) is 11.9 Å². The van der Waals surface area contributed by atoms with Gasteiger partial charge < -0.3 is 14.8 Å². The van der Waals surface area contributed by atoms with Crippen LogP contribution in [0.25, 0.3) is 6.08 Å². The van der Waals surface area contributed by atoms with Crippen molar-refractivity contribution in [1.29, 1.82) is 5.26 Å². The number of nitrogens with zero attached hydrogens (tertiary/aromatic N) is 2. The number of ether oxygens (including phenoxy) is 2. The number of nitro groups is 1. The first-order valence-corrected chi connectivity index (χ1v) is 11.1. The number of non-ortho nitro benzene ring substituents is 1. The molecule has 0 aliphatic carbocycles. The molecule has 0 spiro atoms. The number of hydrogen-bond acceptors (Lipinski definition) is 6. The van der Waals surface area contributed by atoms with Gasteiger partial charge in [0.1, 0.15) is 24.1 Å². The van der Waals surface area contributed by atoms with E-state index in [0.717, 1.165) is 23.8 Å². The van der Waals surface area contributed by atoms with Gasteiger partial charge in [0.05, 0.1) is 21.7 Å². The smallest absolute Gasteiger partial charge is 0.271 e. The van der Waals surface area contributed by atoms with Gasteiger partial charge in [0.2, 0.25) is 0 Å². The van der Waals surface area contributed by atoms with Crippen molar-refractivity contribution < 1.29 is 23.6 Å². The Balaban J connectivity index is 1.87. The molecule has 0 aliphatic rings. The van der Waals surface area contributed by atoms with Crippen molar-refractivity contribution in [2.45, 2.75) is 13.5 Å². The van der Waals surface area contributed by atoms with E-state index in [0.29, 0.717) is 34.7 Å². The Bertz CT molecular complexity index is 1320. The Kier molecular flexibility index (Phi) is 8.53. The maximum Gasteiger partial charge on any atom is 0.271 e. The summed E-state index contributed by atoms with van der Waals surface area (Å²) in [5.74, 6) is -0.950. The normalized spacial score (nSPS) is 10.9. The van der Waals surface area contributed by atoms with Gasteiger partial charge in [0.25, 0.3) is 11.6 Å². The third-order valence-electron chi connectivity index (χ3n) is 4.64. The SMILES string of the molecule is CCOc1cc(/C=C(\C#N)C(=O)Nc2cc([N+](=O)[O-])ccc2F)cc(Br)c1OCc1ccccc1. The lowest BCUT2D eigenvalue weighted by molar-refractivity contribution is -0.384. The number of nitrogens with one attached hydrogen (secondary N) is 1. The van der Waals surface area contributed by atoms with Crippen molar-refractivity contribution in [3.8, 4) is 17.6 Å². The average molecular weight is 540 g/mol. The standard InChI is InChI=1S/C25H19BrFN3O5/c1-2-34-23-12-17(11-20(26)24(23)35-15-16-6-4-3-5-7-16)10-18(14-28)25(31)29-22-13-19(30(32)33)8-9-21(22)27/h3-13H,2,15H2,1H3,(H,29,31)/b18-10+. The van der Waals surface area contributed by atoms with Crippen LogP contribution in [0.5, 0.6) is 11.5 Å². The van der Waals surface area contributed by atoms with Crippen LogP contribution < -0.4 is 14.8 Å². The zero-order valence-corrected chi connectivity index (χ0v) is 20.0. The number of hydrogen-bond donors (Lipinski definition) is 1. The van der Waals surface area contributed by atoms with Gasteiger partial charge in [-0.3, -0.25) is 14.9 Å². The zero-order chi connectivity index (χ0) is 25.4. The summed E-state index contributed by atoms with van der Waals surface area (Å²) in [5, 5.41) is 22.6. The van der Waals surface area contributed by atoms with Gasteiger partial charge in [0.15, 0.2) is 11.5 Å². The van der Waals surface area contributed by atoms with E-state index in [1.165, 1.54) is 6.08 Å². The molecular formula is C25H19BrFN3O5. The van der Waals surface area contributed by atoms with E-state index in [-0.39, 0.29) is 5.57 Å². The molecule has 8 nitrogen and oxygen atoms in total. The topological polar surface area (TPSA) is 114 Å². The number of rotatable bonds is 9. The Morgan fingerprint density at radius 1 is 1.20 bits per heavy atom. The fourth-order valence-corrected chi connectivity index (χ4v) is 3.61. The molecule has 3 aromatic rings. The minimum absolute atomic E-state index is 0.301. The van der Waals surface area contributed by atoms with Crippen LogP contribution in [0.3, 0.4) is 0 Å². The number of nitro benzene ring substituents is 1. The summed E-state index contributed by atoms with van der Waals surface area (Å²) < 4.78 is 26.2. The van der Waals surface area contributed by atoms with Crippen LogP contribution in [0, 0.1) is 27.3 Å². The van der Waals surface area contributed by atoms with Crippen LogP contribution in [0.1, 0.15) is 18.1 Å². The lowest BCUT2D eigenvalue weighted by Crippen LogP contribution is -2.14. The van der Waals surface area contributed by atoms with E-state index < -0.39 is 28.0 Å². The Labute approximate surface area is 208 Å². The predicted octanol–water partition coefficient (Wildman–Crippen LogP) is 6.02. The first kappa shape index (κ1) is 25.4. The maximum atomic E-state index is 14.0. The van der Waals surface area contributed by atoms with Crippen LogP contribution in [-0.2, 0) is 11.4 Å². The van der Waals surface area contributed by atoms with E-state index in [2.05, 4.69) is 21.2 Å². The molecule has 0 radical (unpaired) electrons. The highest BCUT2D eigenvalue weighted by atomic mass is 79.9. The highest BCUT2D eigenvalue weighted by molar-refractivity contribution is 9.10. The largest absolute Gasteiger partial charge is 0.490 e. The first-order chi connectivity index (χ1) is 16.8. The molecule has 0 saturated heterocycles. The van der Waals surface area contributed by atoms with Crippen molar-refractivity contribution in [2.24, 2.45) is 0 Å². The van der Waals surface area contributed by atoms with Gasteiger partial charge in [-0.2, -0.15) is 5.26 Å². The number of nitriles is 1. The second-order valence-corrected chi connectivity index (χ2v) is 7.94. The molecule has 10 heteroatoms. The van der Waals surface area contributed by atoms with Crippen LogP contribution in [-0.4, -0.2) is 17.4 Å². The summed E-state index contributed by atoms with van der Waals surface area (Å²) in [6, 6.07) is 17.3. The number of benzene rings is 3. The molecule has 0 bridgehead atoms. The summed E-state index contributed by atoms with van der Waals surface area (Å²) in [5.41, 5.74) is 0.246. The summed E-state index contributed by atoms with van der Waals surface area (Å²) in [4.78, 5) is 22.8. The molecule has 1 amide bonds. The number of amides is 1. The highest BCUT2D eigenvalue weighted by Gasteiger charge is 2.17. The minimum atomic E-state index is -0.926. The molecule has 0 fully saturated rings. The van der Waals surface area contributed by atoms with Gasteiger partial charge in [-0.15, -0.1) is 0 Å². The summed E-state index contributed by atoms with van der Waals surface area (Å²) in [6.07, 6.45) is 1.29. The summed E-state index contributed by atoms with van der Waals surface area (Å²) in [6.45, 7) is 2.45. The second kappa shape index (κ2) is 11.8. The van der Waals surface area contributed by atoms with Crippen LogP contribution in [0.15, 0.2) is 70.7 Å². The molecule has 0 saturated carbocycles. The van der Waals surface area contributed by atoms with Crippen molar-refractivity contribution >= 4 is 39.3 Å². The molecule has 0 atom stereocenters. The van der Waals surface area contributed by atoms with Crippen molar-refractivity contribution in [3.63, 3.8) is 0 Å². The number of carbonyl (C=O) groups excluding carboxylic acids is 1. The molecular weight excluding hydrogens is 521 g/mol. The lowest BCUT2D eigenvalue weighted by atomic mass is 10.1. The average Bonchev–Trinajstić information content (AvgIpc) is 2.84. The molecule has 178 valence electrons. The first-order valence-electron chi connectivity index (χ1n) is 10.3. The van der Waals surface area contributed by atoms with E-state index in [1.54, 1.807) is 25.1 Å². The van der Waals surface area contributed by atoms with Gasteiger partial charge in [-0.25, -0.2) is 4.39 Å². The molecule has 0 aliphatic heterocycles. The lowest BCUT2D eigenvalue weighted by Gasteiger charge is -2.15. The summed E-state index contributed by atoms with van der Waals surface area (Å²) in [7, 11) is 0. The van der Waals surface area contributed by atoms with Crippen molar-refractivity contribution in [3.05, 3.63) is 97.8 Å². The minimum Gasteiger partial charge on any atom is -0.490 e. The van der Waals surface area contributed by atoms with Gasteiger partial charge in [0, 0.05) is 12.1 Å². The molecule has 1 N–H and O–H groups in total. The predicted molar refractivity (Wildman–Crippen MR) is 131 cm³/mol. The third-order valence-corrected chi connectivity index (χ3v) is 5.23. The number of anilines is 1. The van der Waals surface area contributed by atoms with Crippen LogP contribution in [0.2, 0.25) is 0 Å². The Morgan fingerprint density at radius 3 is 2.60 bits per heavy atom. The molecule has 3 rings (SSSR count). The zero-order valence-electron chi connectivity index (χ0n) is 18.5. The molecule has 3 aromatic carbocycles. The quantitative estimate of drug-likeness (QED) is 0.154. The van der Waals surface area contributed by atoms with Crippen LogP contribution >= 0.6 is 15.9 Å². The van der Waals surface area contributed by atoms with E-state index in [4.69, 9.17) is 9.47 Å². The van der Waals surface area contributed by atoms with E-state index in [9.17, 15) is 24.6 Å². The van der Waals surface area contributed by atoms with Gasteiger partial charge in [-0.05, 0) is 58.3 Å².